The molecule has 1 saturated heterocycles. The predicted octanol–water partition coefficient (Wildman–Crippen LogP) is 1.29. The second-order valence-electron chi connectivity index (χ2n) is 5.76. The number of ether oxygens (including phenoxy) is 1. The number of nitrogens with zero attached hydrogens (tertiary/aromatic N) is 1. The Balaban J connectivity index is 2.14. The minimum absolute atomic E-state index is 0.00758. The summed E-state index contributed by atoms with van der Waals surface area (Å²) in [5, 5.41) is 2.99. The van der Waals surface area contributed by atoms with Crippen LogP contribution in [0.4, 0.5) is 0 Å². The van der Waals surface area contributed by atoms with Crippen LogP contribution in [0.25, 0.3) is 0 Å². The number of amides is 1. The largest absolute Gasteiger partial charge is 0.497 e. The molecular formula is C16H25N3O2. The van der Waals surface area contributed by atoms with Crippen molar-refractivity contribution in [2.75, 3.05) is 20.2 Å². The number of methoxy groups -OCH3 is 1. The molecule has 1 heterocycles. The van der Waals surface area contributed by atoms with E-state index in [1.807, 2.05) is 25.1 Å². The standard InChI is InChI=1S/C16H25N3O2/c1-11(17)16(13-5-4-6-15(9-13)21-3)19-8-7-14(10-19)18-12(2)20/h4-6,9,11,14,16H,7-8,10,17H2,1-3H3,(H,18,20). The van der Waals surface area contributed by atoms with Crippen LogP contribution < -0.4 is 15.8 Å². The molecule has 0 bridgehead atoms. The summed E-state index contributed by atoms with van der Waals surface area (Å²) >= 11 is 0. The molecule has 3 atom stereocenters. The van der Waals surface area contributed by atoms with Gasteiger partial charge in [-0.2, -0.15) is 0 Å². The van der Waals surface area contributed by atoms with Crippen LogP contribution in [0.1, 0.15) is 31.9 Å². The second-order valence-corrected chi connectivity index (χ2v) is 5.76. The van der Waals surface area contributed by atoms with Crippen molar-refractivity contribution in [2.24, 2.45) is 5.73 Å². The Bertz CT molecular complexity index is 490. The van der Waals surface area contributed by atoms with Gasteiger partial charge in [-0.05, 0) is 31.0 Å². The van der Waals surface area contributed by atoms with Crippen LogP contribution in [0.2, 0.25) is 0 Å². The number of rotatable bonds is 5. The van der Waals surface area contributed by atoms with Crippen LogP contribution in [0.15, 0.2) is 24.3 Å². The molecule has 21 heavy (non-hydrogen) atoms. The third kappa shape index (κ3) is 3.95. The summed E-state index contributed by atoms with van der Waals surface area (Å²) in [6.45, 7) is 5.36. The maximum Gasteiger partial charge on any atom is 0.217 e. The highest BCUT2D eigenvalue weighted by atomic mass is 16.5. The Morgan fingerprint density at radius 2 is 2.29 bits per heavy atom. The SMILES string of the molecule is COc1cccc(C(C(C)N)N2CCC(NC(C)=O)C2)c1. The highest BCUT2D eigenvalue weighted by Gasteiger charge is 2.31. The summed E-state index contributed by atoms with van der Waals surface area (Å²) in [5.74, 6) is 0.872. The van der Waals surface area contributed by atoms with E-state index < -0.39 is 0 Å². The van der Waals surface area contributed by atoms with Crippen molar-refractivity contribution in [1.29, 1.82) is 0 Å². The summed E-state index contributed by atoms with van der Waals surface area (Å²) in [5.41, 5.74) is 7.38. The number of nitrogens with two attached hydrogens (primary N) is 1. The maximum atomic E-state index is 11.2. The van der Waals surface area contributed by atoms with Gasteiger partial charge in [-0.1, -0.05) is 12.1 Å². The number of carbonyl (C=O) groups excluding carboxylic acids is 1. The zero-order chi connectivity index (χ0) is 15.4. The summed E-state index contributed by atoms with van der Waals surface area (Å²) in [6.07, 6.45) is 0.965. The van der Waals surface area contributed by atoms with Crippen molar-refractivity contribution in [3.8, 4) is 5.75 Å². The molecule has 0 aliphatic carbocycles. The van der Waals surface area contributed by atoms with E-state index in [9.17, 15) is 4.79 Å². The highest BCUT2D eigenvalue weighted by molar-refractivity contribution is 5.73. The lowest BCUT2D eigenvalue weighted by atomic mass is 9.99. The molecule has 5 heteroatoms. The van der Waals surface area contributed by atoms with Gasteiger partial charge < -0.3 is 15.8 Å². The fraction of sp³-hybridized carbons (Fsp3) is 0.562. The van der Waals surface area contributed by atoms with E-state index in [-0.39, 0.29) is 24.0 Å². The Morgan fingerprint density at radius 1 is 1.52 bits per heavy atom. The van der Waals surface area contributed by atoms with Gasteiger partial charge in [0.25, 0.3) is 0 Å². The number of hydrogen-bond acceptors (Lipinski definition) is 4. The molecule has 1 aromatic rings. The van der Waals surface area contributed by atoms with E-state index in [1.165, 1.54) is 0 Å². The van der Waals surface area contributed by atoms with E-state index in [0.29, 0.717) is 0 Å². The fourth-order valence-corrected chi connectivity index (χ4v) is 3.12. The lowest BCUT2D eigenvalue weighted by molar-refractivity contribution is -0.119. The number of carbonyl (C=O) groups is 1. The third-order valence-corrected chi connectivity index (χ3v) is 3.95. The van der Waals surface area contributed by atoms with E-state index in [0.717, 1.165) is 30.8 Å². The molecule has 0 saturated carbocycles. The molecule has 0 radical (unpaired) electrons. The lowest BCUT2D eigenvalue weighted by Crippen LogP contribution is -2.41. The molecule has 0 aromatic heterocycles. The molecule has 3 N–H and O–H groups in total. The van der Waals surface area contributed by atoms with Gasteiger partial charge in [0, 0.05) is 38.1 Å². The van der Waals surface area contributed by atoms with Crippen LogP contribution in [-0.2, 0) is 4.79 Å². The van der Waals surface area contributed by atoms with Gasteiger partial charge in [-0.25, -0.2) is 0 Å². The van der Waals surface area contributed by atoms with Crippen molar-refractivity contribution in [3.05, 3.63) is 29.8 Å². The molecule has 1 aliphatic heterocycles. The smallest absolute Gasteiger partial charge is 0.217 e. The predicted molar refractivity (Wildman–Crippen MR) is 83.2 cm³/mol. The first-order chi connectivity index (χ1) is 10.0. The van der Waals surface area contributed by atoms with Gasteiger partial charge in [-0.15, -0.1) is 0 Å². The van der Waals surface area contributed by atoms with E-state index in [1.54, 1.807) is 14.0 Å². The average molecular weight is 291 g/mol. The van der Waals surface area contributed by atoms with Crippen molar-refractivity contribution in [3.63, 3.8) is 0 Å². The lowest BCUT2D eigenvalue weighted by Gasteiger charge is -2.31. The number of benzene rings is 1. The minimum atomic E-state index is 0.00758. The topological polar surface area (TPSA) is 67.6 Å². The first-order valence-corrected chi connectivity index (χ1v) is 7.42. The van der Waals surface area contributed by atoms with E-state index >= 15 is 0 Å². The molecule has 5 nitrogen and oxygen atoms in total. The third-order valence-electron chi connectivity index (χ3n) is 3.95. The first-order valence-electron chi connectivity index (χ1n) is 7.42. The zero-order valence-electron chi connectivity index (χ0n) is 13.0. The van der Waals surface area contributed by atoms with Crippen LogP contribution in [0.5, 0.6) is 5.75 Å². The van der Waals surface area contributed by atoms with Crippen molar-refractivity contribution in [1.82, 2.24) is 10.2 Å². The van der Waals surface area contributed by atoms with Gasteiger partial charge in [-0.3, -0.25) is 9.69 Å². The Hall–Kier alpha value is -1.59. The molecule has 3 unspecified atom stereocenters. The van der Waals surface area contributed by atoms with Crippen LogP contribution in [0, 0.1) is 0 Å². The molecule has 1 aromatic carbocycles. The van der Waals surface area contributed by atoms with Gasteiger partial charge >= 0.3 is 0 Å². The summed E-state index contributed by atoms with van der Waals surface area (Å²) in [7, 11) is 1.67. The molecular weight excluding hydrogens is 266 g/mol. The molecule has 1 aliphatic rings. The van der Waals surface area contributed by atoms with Crippen LogP contribution in [-0.4, -0.2) is 43.1 Å². The van der Waals surface area contributed by atoms with Gasteiger partial charge in [0.15, 0.2) is 0 Å². The van der Waals surface area contributed by atoms with Gasteiger partial charge in [0.2, 0.25) is 5.91 Å². The van der Waals surface area contributed by atoms with Gasteiger partial charge in [0.1, 0.15) is 5.75 Å². The molecule has 116 valence electrons. The van der Waals surface area contributed by atoms with Crippen LogP contribution in [0.3, 0.4) is 0 Å². The highest BCUT2D eigenvalue weighted by Crippen LogP contribution is 2.29. The normalized spacial score (nSPS) is 21.8. The van der Waals surface area contributed by atoms with Crippen molar-refractivity contribution < 1.29 is 9.53 Å². The molecule has 1 amide bonds. The van der Waals surface area contributed by atoms with Crippen molar-refractivity contribution in [2.45, 2.75) is 38.4 Å². The van der Waals surface area contributed by atoms with E-state index in [2.05, 4.69) is 16.3 Å². The Morgan fingerprint density at radius 3 is 2.90 bits per heavy atom. The Kier molecular flexibility index (Phi) is 5.20. The molecule has 0 spiro atoms. The van der Waals surface area contributed by atoms with Crippen molar-refractivity contribution >= 4 is 5.91 Å². The summed E-state index contributed by atoms with van der Waals surface area (Å²) < 4.78 is 5.30. The maximum absolute atomic E-state index is 11.2. The monoisotopic (exact) mass is 291 g/mol. The fourth-order valence-electron chi connectivity index (χ4n) is 3.12. The summed E-state index contributed by atoms with van der Waals surface area (Å²) in [4.78, 5) is 13.5. The quantitative estimate of drug-likeness (QED) is 0.858. The summed E-state index contributed by atoms with van der Waals surface area (Å²) in [6, 6.07) is 8.42. The number of nitrogens with one attached hydrogen (secondary N) is 1. The number of hydrogen-bond donors (Lipinski definition) is 2. The first kappa shape index (κ1) is 15.8. The molecule has 1 fully saturated rings. The second kappa shape index (κ2) is 6.91. The van der Waals surface area contributed by atoms with Gasteiger partial charge in [0.05, 0.1) is 7.11 Å². The minimum Gasteiger partial charge on any atom is -0.497 e. The van der Waals surface area contributed by atoms with E-state index in [4.69, 9.17) is 10.5 Å². The zero-order valence-corrected chi connectivity index (χ0v) is 13.0. The Labute approximate surface area is 126 Å². The van der Waals surface area contributed by atoms with Crippen LogP contribution >= 0.6 is 0 Å². The molecule has 2 rings (SSSR count). The number of likely N-dealkylation sites (tertiary alicyclic amines) is 1. The average Bonchev–Trinajstić information content (AvgIpc) is 2.86.